The van der Waals surface area contributed by atoms with Gasteiger partial charge in [0.05, 0.1) is 0 Å². The number of nitrogens with zero attached hydrogens (tertiary/aromatic N) is 2. The van der Waals surface area contributed by atoms with Gasteiger partial charge in [-0.3, -0.25) is 4.98 Å². The molecule has 0 N–H and O–H groups in total. The molecule has 0 spiro atoms. The Hall–Kier alpha value is -1.15. The number of hydrogen-bond acceptors (Lipinski definition) is 2. The average molecular weight is 176 g/mol. The van der Waals surface area contributed by atoms with Crippen molar-refractivity contribution in [2.24, 2.45) is 0 Å². The van der Waals surface area contributed by atoms with E-state index in [0.29, 0.717) is 0 Å². The van der Waals surface area contributed by atoms with E-state index in [1.54, 1.807) is 6.20 Å². The molecule has 1 heterocycles. The lowest BCUT2D eigenvalue weighted by atomic mass is 10.2. The molecule has 1 rings (SSSR count). The Morgan fingerprint density at radius 2 is 2.31 bits per heavy atom. The van der Waals surface area contributed by atoms with Crippen LogP contribution >= 0.6 is 0 Å². The van der Waals surface area contributed by atoms with E-state index >= 15 is 0 Å². The summed E-state index contributed by atoms with van der Waals surface area (Å²) in [6.45, 7) is 1.09. The van der Waals surface area contributed by atoms with Gasteiger partial charge in [-0.1, -0.05) is 18.2 Å². The van der Waals surface area contributed by atoms with Gasteiger partial charge in [-0.2, -0.15) is 0 Å². The molecule has 0 atom stereocenters. The molecule has 0 aliphatic heterocycles. The fraction of sp³-hybridized carbons (Fsp3) is 0.364. The highest BCUT2D eigenvalue weighted by Crippen LogP contribution is 1.99. The van der Waals surface area contributed by atoms with Gasteiger partial charge in [0.1, 0.15) is 0 Å². The third kappa shape index (κ3) is 4.43. The van der Waals surface area contributed by atoms with Crippen LogP contribution in [0.3, 0.4) is 0 Å². The number of aromatic nitrogens is 1. The second-order valence-electron chi connectivity index (χ2n) is 3.28. The quantitative estimate of drug-likeness (QED) is 0.698. The van der Waals surface area contributed by atoms with Crippen molar-refractivity contribution in [1.29, 1.82) is 0 Å². The average Bonchev–Trinajstić information content (AvgIpc) is 2.14. The lowest BCUT2D eigenvalue weighted by Crippen LogP contribution is -2.11. The van der Waals surface area contributed by atoms with Crippen molar-refractivity contribution in [2.45, 2.75) is 6.42 Å². The zero-order valence-corrected chi connectivity index (χ0v) is 8.27. The molecule has 0 fully saturated rings. The minimum absolute atomic E-state index is 1.09. The van der Waals surface area contributed by atoms with E-state index < -0.39 is 0 Å². The molecule has 13 heavy (non-hydrogen) atoms. The molecule has 0 unspecified atom stereocenters. The molecule has 0 radical (unpaired) electrons. The Labute approximate surface area is 79.9 Å². The molecule has 0 aliphatic carbocycles. The predicted octanol–water partition coefficient (Wildman–Crippen LogP) is 2.05. The van der Waals surface area contributed by atoms with E-state index in [2.05, 4.69) is 42.2 Å². The van der Waals surface area contributed by atoms with Crippen molar-refractivity contribution < 1.29 is 0 Å². The molecule has 0 saturated heterocycles. The van der Waals surface area contributed by atoms with Crippen LogP contribution in [0.25, 0.3) is 6.08 Å². The molecule has 0 aromatic carbocycles. The minimum Gasteiger partial charge on any atom is -0.309 e. The van der Waals surface area contributed by atoms with E-state index in [9.17, 15) is 0 Å². The van der Waals surface area contributed by atoms with Crippen LogP contribution in [0.1, 0.15) is 12.0 Å². The van der Waals surface area contributed by atoms with Gasteiger partial charge in [0.25, 0.3) is 0 Å². The van der Waals surface area contributed by atoms with Crippen LogP contribution in [0.15, 0.2) is 30.6 Å². The van der Waals surface area contributed by atoms with Crippen LogP contribution < -0.4 is 0 Å². The van der Waals surface area contributed by atoms with Gasteiger partial charge >= 0.3 is 0 Å². The summed E-state index contributed by atoms with van der Waals surface area (Å²) < 4.78 is 0. The normalized spacial score (nSPS) is 11.3. The highest BCUT2D eigenvalue weighted by atomic mass is 15.0. The molecule has 1 aromatic heterocycles. The highest BCUT2D eigenvalue weighted by molar-refractivity contribution is 5.47. The maximum Gasteiger partial charge on any atom is 0.0340 e. The monoisotopic (exact) mass is 176 g/mol. The lowest BCUT2D eigenvalue weighted by molar-refractivity contribution is 0.417. The van der Waals surface area contributed by atoms with Gasteiger partial charge in [0, 0.05) is 18.9 Å². The van der Waals surface area contributed by atoms with Gasteiger partial charge in [-0.15, -0.1) is 0 Å². The standard InChI is InChI=1S/C11H16N2/c1-13(2)9-4-3-6-11-7-5-8-12-10-11/h3,5-8,10H,4,9H2,1-2H3/b6-3-. The van der Waals surface area contributed by atoms with E-state index in [0.717, 1.165) is 13.0 Å². The fourth-order valence-electron chi connectivity index (χ4n) is 1.03. The zero-order valence-electron chi connectivity index (χ0n) is 8.27. The second kappa shape index (κ2) is 5.49. The zero-order chi connectivity index (χ0) is 9.52. The molecular weight excluding hydrogens is 160 g/mol. The Morgan fingerprint density at radius 3 is 2.92 bits per heavy atom. The van der Waals surface area contributed by atoms with Crippen molar-refractivity contribution in [1.82, 2.24) is 9.88 Å². The summed E-state index contributed by atoms with van der Waals surface area (Å²) in [6, 6.07) is 4.00. The number of pyridine rings is 1. The summed E-state index contributed by atoms with van der Waals surface area (Å²) in [6.07, 6.45) is 9.03. The van der Waals surface area contributed by atoms with Crippen molar-refractivity contribution >= 4 is 6.08 Å². The maximum atomic E-state index is 4.04. The predicted molar refractivity (Wildman–Crippen MR) is 56.4 cm³/mol. The van der Waals surface area contributed by atoms with Crippen LogP contribution in [-0.2, 0) is 0 Å². The number of hydrogen-bond donors (Lipinski definition) is 0. The molecule has 0 aliphatic rings. The van der Waals surface area contributed by atoms with Gasteiger partial charge in [0.15, 0.2) is 0 Å². The topological polar surface area (TPSA) is 16.1 Å². The number of rotatable bonds is 4. The summed E-state index contributed by atoms with van der Waals surface area (Å²) in [4.78, 5) is 6.21. The van der Waals surface area contributed by atoms with E-state index in [1.807, 2.05) is 12.3 Å². The smallest absolute Gasteiger partial charge is 0.0340 e. The molecule has 2 nitrogen and oxygen atoms in total. The van der Waals surface area contributed by atoms with Crippen molar-refractivity contribution in [3.05, 3.63) is 36.2 Å². The van der Waals surface area contributed by atoms with E-state index in [4.69, 9.17) is 0 Å². The van der Waals surface area contributed by atoms with Gasteiger partial charge in [-0.25, -0.2) is 0 Å². The molecule has 2 heteroatoms. The van der Waals surface area contributed by atoms with Gasteiger partial charge in [-0.05, 0) is 32.1 Å². The Bertz CT molecular complexity index is 252. The van der Waals surface area contributed by atoms with Crippen LogP contribution in [0.5, 0.6) is 0 Å². The summed E-state index contributed by atoms with van der Waals surface area (Å²) in [5, 5.41) is 0. The van der Waals surface area contributed by atoms with Crippen LogP contribution in [0.2, 0.25) is 0 Å². The van der Waals surface area contributed by atoms with Gasteiger partial charge in [0.2, 0.25) is 0 Å². The largest absolute Gasteiger partial charge is 0.309 e. The van der Waals surface area contributed by atoms with Gasteiger partial charge < -0.3 is 4.90 Å². The summed E-state index contributed by atoms with van der Waals surface area (Å²) in [5.41, 5.74) is 1.17. The molecule has 0 amide bonds. The van der Waals surface area contributed by atoms with Crippen LogP contribution in [0, 0.1) is 0 Å². The SMILES string of the molecule is CN(C)CC/C=C\c1cccnc1. The molecule has 0 saturated carbocycles. The first-order valence-electron chi connectivity index (χ1n) is 4.50. The molecule has 70 valence electrons. The second-order valence-corrected chi connectivity index (χ2v) is 3.28. The van der Waals surface area contributed by atoms with Crippen LogP contribution in [0.4, 0.5) is 0 Å². The summed E-state index contributed by atoms with van der Waals surface area (Å²) in [7, 11) is 4.16. The first-order chi connectivity index (χ1) is 6.29. The van der Waals surface area contributed by atoms with Crippen molar-refractivity contribution in [3.8, 4) is 0 Å². The fourth-order valence-corrected chi connectivity index (χ4v) is 1.03. The highest BCUT2D eigenvalue weighted by Gasteiger charge is 1.86. The Balaban J connectivity index is 2.33. The molecule has 0 bridgehead atoms. The molecule has 1 aromatic rings. The first-order valence-corrected chi connectivity index (χ1v) is 4.50. The molecular formula is C11H16N2. The first kappa shape index (κ1) is 9.93. The van der Waals surface area contributed by atoms with E-state index in [-0.39, 0.29) is 0 Å². The maximum absolute atomic E-state index is 4.04. The lowest BCUT2D eigenvalue weighted by Gasteiger charge is -2.05. The van der Waals surface area contributed by atoms with Crippen LogP contribution in [-0.4, -0.2) is 30.5 Å². The third-order valence-corrected chi connectivity index (χ3v) is 1.74. The summed E-state index contributed by atoms with van der Waals surface area (Å²) >= 11 is 0. The van der Waals surface area contributed by atoms with Crippen molar-refractivity contribution in [2.75, 3.05) is 20.6 Å². The summed E-state index contributed by atoms with van der Waals surface area (Å²) in [5.74, 6) is 0. The van der Waals surface area contributed by atoms with E-state index in [1.165, 1.54) is 5.56 Å². The third-order valence-electron chi connectivity index (χ3n) is 1.74. The minimum atomic E-state index is 1.09. The Morgan fingerprint density at radius 1 is 1.46 bits per heavy atom. The Kier molecular flexibility index (Phi) is 4.19. The van der Waals surface area contributed by atoms with Crippen molar-refractivity contribution in [3.63, 3.8) is 0 Å².